The van der Waals surface area contributed by atoms with Gasteiger partial charge in [0.1, 0.15) is 6.10 Å². The zero-order valence-electron chi connectivity index (χ0n) is 5.67. The minimum atomic E-state index is -0.161. The monoisotopic (exact) mass is 145 g/mol. The molecule has 4 heteroatoms. The molecule has 0 aromatic rings. The Morgan fingerprint density at radius 3 is 3.20 bits per heavy atom. The van der Waals surface area contributed by atoms with E-state index in [2.05, 4.69) is 0 Å². The molecular weight excluding hydrogens is 134 g/mol. The molecule has 10 heavy (non-hydrogen) atoms. The van der Waals surface area contributed by atoms with Crippen molar-refractivity contribution in [2.24, 2.45) is 0 Å². The average molecular weight is 145 g/mol. The lowest BCUT2D eigenvalue weighted by molar-refractivity contribution is -0.154. The molecule has 0 bridgehead atoms. The SMILES string of the molecule is O=C1CCC[C@H](CNO)O1. The first kappa shape index (κ1) is 7.50. The minimum Gasteiger partial charge on any atom is -0.461 e. The molecule has 0 radical (unpaired) electrons. The van der Waals surface area contributed by atoms with Crippen LogP contribution in [0.25, 0.3) is 0 Å². The zero-order valence-corrected chi connectivity index (χ0v) is 5.67. The first-order valence-electron chi connectivity index (χ1n) is 3.39. The van der Waals surface area contributed by atoms with Crippen molar-refractivity contribution in [1.82, 2.24) is 5.48 Å². The number of rotatable bonds is 2. The molecule has 0 amide bonds. The van der Waals surface area contributed by atoms with Gasteiger partial charge in [0.05, 0.1) is 6.54 Å². The number of hydrogen-bond acceptors (Lipinski definition) is 4. The van der Waals surface area contributed by atoms with Crippen LogP contribution in [0.15, 0.2) is 0 Å². The van der Waals surface area contributed by atoms with E-state index in [-0.39, 0.29) is 12.1 Å². The van der Waals surface area contributed by atoms with Crippen LogP contribution in [-0.4, -0.2) is 23.8 Å². The maximum atomic E-state index is 10.6. The number of hydrogen-bond donors (Lipinski definition) is 2. The number of hydroxylamine groups is 1. The zero-order chi connectivity index (χ0) is 7.40. The first-order valence-corrected chi connectivity index (χ1v) is 3.39. The highest BCUT2D eigenvalue weighted by atomic mass is 16.5. The topological polar surface area (TPSA) is 58.6 Å². The summed E-state index contributed by atoms with van der Waals surface area (Å²) in [5, 5.41) is 8.26. The van der Waals surface area contributed by atoms with Gasteiger partial charge in [0.25, 0.3) is 0 Å². The van der Waals surface area contributed by atoms with Crippen molar-refractivity contribution in [2.45, 2.75) is 25.4 Å². The highest BCUT2D eigenvalue weighted by Gasteiger charge is 2.19. The second-order valence-corrected chi connectivity index (χ2v) is 2.37. The fourth-order valence-corrected chi connectivity index (χ4v) is 1.02. The summed E-state index contributed by atoms with van der Waals surface area (Å²) in [4.78, 5) is 10.6. The van der Waals surface area contributed by atoms with Gasteiger partial charge in [-0.2, -0.15) is 0 Å². The van der Waals surface area contributed by atoms with Crippen molar-refractivity contribution in [1.29, 1.82) is 0 Å². The third-order valence-electron chi connectivity index (χ3n) is 1.52. The molecule has 0 spiro atoms. The van der Waals surface area contributed by atoms with Crippen molar-refractivity contribution in [3.8, 4) is 0 Å². The Hall–Kier alpha value is -0.610. The van der Waals surface area contributed by atoms with Gasteiger partial charge in [0.2, 0.25) is 0 Å². The number of ether oxygens (including phenoxy) is 1. The van der Waals surface area contributed by atoms with Crippen LogP contribution < -0.4 is 5.48 Å². The summed E-state index contributed by atoms with van der Waals surface area (Å²) in [6.07, 6.45) is 2.10. The van der Waals surface area contributed by atoms with E-state index in [4.69, 9.17) is 9.94 Å². The molecular formula is C6H11NO3. The Morgan fingerprint density at radius 1 is 1.80 bits per heavy atom. The van der Waals surface area contributed by atoms with E-state index < -0.39 is 0 Å². The van der Waals surface area contributed by atoms with Crippen molar-refractivity contribution >= 4 is 5.97 Å². The van der Waals surface area contributed by atoms with Crippen molar-refractivity contribution in [2.75, 3.05) is 6.54 Å². The summed E-state index contributed by atoms with van der Waals surface area (Å²) < 4.78 is 4.87. The molecule has 1 atom stereocenters. The Morgan fingerprint density at radius 2 is 2.60 bits per heavy atom. The van der Waals surface area contributed by atoms with E-state index in [1.807, 2.05) is 5.48 Å². The lowest BCUT2D eigenvalue weighted by atomic mass is 10.1. The number of nitrogens with one attached hydrogen (secondary N) is 1. The van der Waals surface area contributed by atoms with E-state index in [1.165, 1.54) is 0 Å². The second-order valence-electron chi connectivity index (χ2n) is 2.37. The van der Waals surface area contributed by atoms with Crippen molar-refractivity contribution < 1.29 is 14.7 Å². The molecule has 0 aromatic heterocycles. The van der Waals surface area contributed by atoms with Gasteiger partial charge in [0.15, 0.2) is 0 Å². The standard InChI is InChI=1S/C6H11NO3/c8-6-3-1-2-5(10-6)4-7-9/h5,7,9H,1-4H2/t5-/m1/s1. The molecule has 1 heterocycles. The van der Waals surface area contributed by atoms with Gasteiger partial charge in [-0.15, -0.1) is 0 Å². The molecule has 1 aliphatic heterocycles. The molecule has 1 fully saturated rings. The molecule has 0 unspecified atom stereocenters. The number of carbonyl (C=O) groups is 1. The predicted molar refractivity (Wildman–Crippen MR) is 33.5 cm³/mol. The summed E-state index contributed by atoms with van der Waals surface area (Å²) in [7, 11) is 0. The van der Waals surface area contributed by atoms with E-state index in [1.54, 1.807) is 0 Å². The number of cyclic esters (lactones) is 1. The van der Waals surface area contributed by atoms with Crippen LogP contribution in [0.2, 0.25) is 0 Å². The Balaban J connectivity index is 2.25. The van der Waals surface area contributed by atoms with Gasteiger partial charge in [0, 0.05) is 6.42 Å². The van der Waals surface area contributed by atoms with Gasteiger partial charge >= 0.3 is 5.97 Å². The van der Waals surface area contributed by atoms with Gasteiger partial charge in [-0.1, -0.05) is 0 Å². The largest absolute Gasteiger partial charge is 0.461 e. The highest BCUT2D eigenvalue weighted by Crippen LogP contribution is 2.12. The summed E-state index contributed by atoms with van der Waals surface area (Å²) >= 11 is 0. The fourth-order valence-electron chi connectivity index (χ4n) is 1.02. The van der Waals surface area contributed by atoms with Gasteiger partial charge in [-0.05, 0) is 12.8 Å². The maximum absolute atomic E-state index is 10.6. The summed E-state index contributed by atoms with van der Waals surface area (Å²) in [5.74, 6) is -0.161. The minimum absolute atomic E-state index is 0.133. The van der Waals surface area contributed by atoms with E-state index in [9.17, 15) is 4.79 Å². The van der Waals surface area contributed by atoms with Crippen LogP contribution in [0, 0.1) is 0 Å². The lowest BCUT2D eigenvalue weighted by Gasteiger charge is -2.20. The fraction of sp³-hybridized carbons (Fsp3) is 0.833. The lowest BCUT2D eigenvalue weighted by Crippen LogP contribution is -2.32. The molecule has 0 aromatic carbocycles. The molecule has 1 saturated heterocycles. The summed E-state index contributed by atoms with van der Waals surface area (Å²) in [5.41, 5.74) is 1.98. The number of carbonyl (C=O) groups excluding carboxylic acids is 1. The van der Waals surface area contributed by atoms with Crippen LogP contribution >= 0.6 is 0 Å². The third kappa shape index (κ3) is 1.97. The molecule has 4 nitrogen and oxygen atoms in total. The summed E-state index contributed by atoms with van der Waals surface area (Å²) in [6.45, 7) is 0.339. The van der Waals surface area contributed by atoms with Crippen LogP contribution in [-0.2, 0) is 9.53 Å². The molecule has 1 aliphatic rings. The third-order valence-corrected chi connectivity index (χ3v) is 1.52. The second kappa shape index (κ2) is 3.53. The van der Waals surface area contributed by atoms with Crippen LogP contribution in [0.5, 0.6) is 0 Å². The first-order chi connectivity index (χ1) is 4.83. The molecule has 2 N–H and O–H groups in total. The highest BCUT2D eigenvalue weighted by molar-refractivity contribution is 5.70. The van der Waals surface area contributed by atoms with Gasteiger partial charge in [-0.3, -0.25) is 4.79 Å². The Labute approximate surface area is 59.1 Å². The maximum Gasteiger partial charge on any atom is 0.306 e. The molecule has 0 aliphatic carbocycles. The van der Waals surface area contributed by atoms with Gasteiger partial charge in [-0.25, -0.2) is 5.48 Å². The van der Waals surface area contributed by atoms with Crippen molar-refractivity contribution in [3.63, 3.8) is 0 Å². The van der Waals surface area contributed by atoms with Crippen LogP contribution in [0.1, 0.15) is 19.3 Å². The predicted octanol–water partition coefficient (Wildman–Crippen LogP) is 0.0609. The van der Waals surface area contributed by atoms with E-state index in [0.29, 0.717) is 13.0 Å². The van der Waals surface area contributed by atoms with Crippen LogP contribution in [0.4, 0.5) is 0 Å². The molecule has 0 saturated carbocycles. The quantitative estimate of drug-likeness (QED) is 0.426. The smallest absolute Gasteiger partial charge is 0.306 e. The summed E-state index contributed by atoms with van der Waals surface area (Å²) in [6, 6.07) is 0. The Kier molecular flexibility index (Phi) is 2.65. The normalized spacial score (nSPS) is 26.1. The van der Waals surface area contributed by atoms with Crippen LogP contribution in [0.3, 0.4) is 0 Å². The number of esters is 1. The molecule has 58 valence electrons. The van der Waals surface area contributed by atoms with E-state index >= 15 is 0 Å². The van der Waals surface area contributed by atoms with Crippen molar-refractivity contribution in [3.05, 3.63) is 0 Å². The molecule has 1 rings (SSSR count). The van der Waals surface area contributed by atoms with Gasteiger partial charge < -0.3 is 9.94 Å². The average Bonchev–Trinajstić information content (AvgIpc) is 1.88. The Bertz CT molecular complexity index is 124. The van der Waals surface area contributed by atoms with E-state index in [0.717, 1.165) is 12.8 Å².